The van der Waals surface area contributed by atoms with E-state index in [1.165, 1.54) is 0 Å². The van der Waals surface area contributed by atoms with E-state index in [9.17, 15) is 20.0 Å². The molecule has 0 spiro atoms. The molecule has 1 amide bonds. The van der Waals surface area contributed by atoms with E-state index >= 15 is 0 Å². The third-order valence-electron chi connectivity index (χ3n) is 6.67. The number of primary amides is 1. The number of rotatable bonds is 11. The molecule has 4 N–H and O–H groups in total. The summed E-state index contributed by atoms with van der Waals surface area (Å²) in [5, 5.41) is 25.2. The largest absolute Gasteiger partial charge is 0.462 e. The van der Waals surface area contributed by atoms with E-state index in [2.05, 4.69) is 18.3 Å². The summed E-state index contributed by atoms with van der Waals surface area (Å²) < 4.78 is 5.41. The van der Waals surface area contributed by atoms with Gasteiger partial charge in [0.2, 0.25) is 5.91 Å². The number of benzene rings is 2. The molecule has 1 heterocycles. The summed E-state index contributed by atoms with van der Waals surface area (Å²) in [5.74, 6) is -1.97. The quantitative estimate of drug-likeness (QED) is 0.294. The molecule has 0 bridgehead atoms. The third-order valence-corrected chi connectivity index (χ3v) is 7.16. The van der Waals surface area contributed by atoms with Crippen molar-refractivity contribution in [1.29, 1.82) is 5.26 Å². The summed E-state index contributed by atoms with van der Waals surface area (Å²) in [5.41, 5.74) is 5.45. The highest BCUT2D eigenvalue weighted by Crippen LogP contribution is 2.50. The van der Waals surface area contributed by atoms with Gasteiger partial charge in [0.05, 0.1) is 18.6 Å². The number of hydrogen-bond donors (Lipinski definition) is 3. The predicted octanol–water partition coefficient (Wildman–Crippen LogP) is 4.24. The summed E-state index contributed by atoms with van der Waals surface area (Å²) >= 11 is 12.5. The number of aliphatic hydroxyl groups is 1. The van der Waals surface area contributed by atoms with E-state index in [4.69, 9.17) is 33.7 Å². The van der Waals surface area contributed by atoms with Crippen LogP contribution in [0.3, 0.4) is 0 Å². The van der Waals surface area contributed by atoms with Gasteiger partial charge < -0.3 is 15.6 Å². The van der Waals surface area contributed by atoms with Crippen molar-refractivity contribution in [2.45, 2.75) is 68.5 Å². The molecule has 192 valence electrons. The van der Waals surface area contributed by atoms with Gasteiger partial charge in [-0.3, -0.25) is 14.9 Å². The van der Waals surface area contributed by atoms with Crippen LogP contribution in [0.2, 0.25) is 10.0 Å². The molecule has 0 saturated carbocycles. The van der Waals surface area contributed by atoms with Crippen LogP contribution in [0, 0.1) is 11.3 Å². The number of halogens is 2. The minimum absolute atomic E-state index is 0.324. The number of hydrogen-bond acceptors (Lipinski definition) is 6. The number of aliphatic hydroxyl groups excluding tert-OH is 1. The van der Waals surface area contributed by atoms with Crippen LogP contribution in [0.4, 0.5) is 0 Å². The van der Waals surface area contributed by atoms with E-state index in [-0.39, 0.29) is 19.1 Å². The summed E-state index contributed by atoms with van der Waals surface area (Å²) in [4.78, 5) is 24.5. The lowest BCUT2D eigenvalue weighted by Gasteiger charge is -2.35. The Morgan fingerprint density at radius 2 is 1.92 bits per heavy atom. The number of nitrogens with one attached hydrogen (secondary N) is 1. The molecular formula is C27H31Cl2N3O4. The number of carbonyl (C=O) groups excluding carboxylic acids is 2. The van der Waals surface area contributed by atoms with E-state index in [1.807, 2.05) is 18.2 Å². The highest BCUT2D eigenvalue weighted by molar-refractivity contribution is 6.30. The zero-order chi connectivity index (χ0) is 26.3. The molecule has 1 aliphatic rings. The SMILES string of the molecule is CCCCC[C@H]1N[C@@H](C(=O)OC[C@@H](O)CC(N)=O)[C@H](c2cccc(Cl)c2)[C@@]1(C#N)c1ccc(Cl)cc1. The Kier molecular flexibility index (Phi) is 9.75. The topological polar surface area (TPSA) is 125 Å². The standard InChI is InChI=1S/C27H31Cl2N3O4/c1-2-3-4-8-22-27(16-30,18-9-11-19(28)12-10-18)24(17-6-5-7-20(29)13-17)25(32-22)26(35)36-15-21(33)14-23(31)34/h5-7,9-13,21-22,24-25,32-33H,2-4,8,14-15H2,1H3,(H2,31,34)/t21-,22+,24-,25+,27-/m0/s1. The maximum Gasteiger partial charge on any atom is 0.323 e. The average Bonchev–Trinajstić information content (AvgIpc) is 3.18. The first kappa shape index (κ1) is 27.9. The van der Waals surface area contributed by atoms with Gasteiger partial charge in [-0.2, -0.15) is 5.26 Å². The number of nitrogens with two attached hydrogens (primary N) is 1. The minimum atomic E-state index is -1.21. The summed E-state index contributed by atoms with van der Waals surface area (Å²) in [6, 6.07) is 15.5. The Bertz CT molecular complexity index is 1100. The molecule has 1 saturated heterocycles. The first-order chi connectivity index (χ1) is 17.2. The van der Waals surface area contributed by atoms with Crippen LogP contribution in [0.5, 0.6) is 0 Å². The molecule has 0 unspecified atom stereocenters. The van der Waals surface area contributed by atoms with E-state index in [0.29, 0.717) is 22.0 Å². The number of esters is 1. The second kappa shape index (κ2) is 12.6. The van der Waals surface area contributed by atoms with Crippen molar-refractivity contribution in [2.75, 3.05) is 6.61 Å². The average molecular weight is 532 g/mol. The van der Waals surface area contributed by atoms with Gasteiger partial charge >= 0.3 is 5.97 Å². The fraction of sp³-hybridized carbons (Fsp3) is 0.444. The van der Waals surface area contributed by atoms with Gasteiger partial charge in [0, 0.05) is 22.0 Å². The van der Waals surface area contributed by atoms with Gasteiger partial charge in [0.1, 0.15) is 18.1 Å². The van der Waals surface area contributed by atoms with Crippen LogP contribution >= 0.6 is 23.2 Å². The number of nitriles is 1. The predicted molar refractivity (Wildman–Crippen MR) is 139 cm³/mol. The van der Waals surface area contributed by atoms with Crippen molar-refractivity contribution in [3.05, 3.63) is 69.7 Å². The highest BCUT2D eigenvalue weighted by Gasteiger charge is 2.59. The zero-order valence-electron chi connectivity index (χ0n) is 20.1. The molecule has 2 aromatic carbocycles. The Morgan fingerprint density at radius 1 is 1.19 bits per heavy atom. The molecule has 9 heteroatoms. The maximum atomic E-state index is 13.4. The fourth-order valence-electron chi connectivity index (χ4n) is 5.07. The molecule has 0 aliphatic carbocycles. The molecule has 36 heavy (non-hydrogen) atoms. The van der Waals surface area contributed by atoms with Crippen LogP contribution in [-0.4, -0.2) is 41.8 Å². The van der Waals surface area contributed by atoms with Gasteiger partial charge in [-0.1, -0.05) is 73.7 Å². The third kappa shape index (κ3) is 6.19. The lowest BCUT2D eigenvalue weighted by atomic mass is 9.64. The number of amides is 1. The zero-order valence-corrected chi connectivity index (χ0v) is 21.6. The van der Waals surface area contributed by atoms with Gasteiger partial charge in [0.15, 0.2) is 0 Å². The van der Waals surface area contributed by atoms with Crippen LogP contribution in [0.25, 0.3) is 0 Å². The van der Waals surface area contributed by atoms with Crippen molar-refractivity contribution in [2.24, 2.45) is 5.73 Å². The second-order valence-corrected chi connectivity index (χ2v) is 10.0. The first-order valence-electron chi connectivity index (χ1n) is 12.0. The smallest absolute Gasteiger partial charge is 0.323 e. The second-order valence-electron chi connectivity index (χ2n) is 9.17. The Labute approximate surface area is 221 Å². The Morgan fingerprint density at radius 3 is 2.53 bits per heavy atom. The molecule has 7 nitrogen and oxygen atoms in total. The van der Waals surface area contributed by atoms with Crippen molar-refractivity contribution >= 4 is 35.1 Å². The maximum absolute atomic E-state index is 13.4. The van der Waals surface area contributed by atoms with Gasteiger partial charge in [0.25, 0.3) is 0 Å². The monoisotopic (exact) mass is 531 g/mol. The van der Waals surface area contributed by atoms with Crippen LogP contribution in [0.15, 0.2) is 48.5 Å². The molecule has 0 radical (unpaired) electrons. The van der Waals surface area contributed by atoms with E-state index in [0.717, 1.165) is 24.8 Å². The van der Waals surface area contributed by atoms with Crippen molar-refractivity contribution in [1.82, 2.24) is 5.32 Å². The molecule has 1 aliphatic heterocycles. The summed E-state index contributed by atoms with van der Waals surface area (Å²) in [7, 11) is 0. The lowest BCUT2D eigenvalue weighted by Crippen LogP contribution is -2.42. The number of ether oxygens (including phenoxy) is 1. The molecule has 3 rings (SSSR count). The van der Waals surface area contributed by atoms with Crippen molar-refractivity contribution < 1.29 is 19.4 Å². The minimum Gasteiger partial charge on any atom is -0.462 e. The molecule has 1 fully saturated rings. The van der Waals surface area contributed by atoms with Gasteiger partial charge in [-0.15, -0.1) is 0 Å². The molecular weight excluding hydrogens is 501 g/mol. The number of carbonyl (C=O) groups is 2. The normalized spacial score (nSPS) is 24.1. The summed E-state index contributed by atoms with van der Waals surface area (Å²) in [6.07, 6.45) is 1.98. The molecule has 5 atom stereocenters. The van der Waals surface area contributed by atoms with Crippen molar-refractivity contribution in [3.8, 4) is 6.07 Å². The molecule has 2 aromatic rings. The van der Waals surface area contributed by atoms with Crippen LogP contribution in [0.1, 0.15) is 56.1 Å². The Hall–Kier alpha value is -2.63. The van der Waals surface area contributed by atoms with Crippen LogP contribution < -0.4 is 11.1 Å². The fourth-order valence-corrected chi connectivity index (χ4v) is 5.40. The van der Waals surface area contributed by atoms with Gasteiger partial charge in [-0.25, -0.2) is 0 Å². The van der Waals surface area contributed by atoms with Crippen molar-refractivity contribution in [3.63, 3.8) is 0 Å². The number of nitrogens with zero attached hydrogens (tertiary/aromatic N) is 1. The highest BCUT2D eigenvalue weighted by atomic mass is 35.5. The number of unbranched alkanes of at least 4 members (excludes halogenated alkanes) is 2. The van der Waals surface area contributed by atoms with E-state index < -0.39 is 35.4 Å². The van der Waals surface area contributed by atoms with Crippen LogP contribution in [-0.2, 0) is 19.7 Å². The lowest BCUT2D eigenvalue weighted by molar-refractivity contribution is -0.150. The first-order valence-corrected chi connectivity index (χ1v) is 12.8. The van der Waals surface area contributed by atoms with Gasteiger partial charge in [-0.05, 0) is 41.8 Å². The Balaban J connectivity index is 2.08. The summed E-state index contributed by atoms with van der Waals surface area (Å²) in [6.45, 7) is 1.72. The molecule has 0 aromatic heterocycles. The van der Waals surface area contributed by atoms with E-state index in [1.54, 1.807) is 30.3 Å².